The topological polar surface area (TPSA) is 46.0 Å². The molecular formula is C34H44N2O. The van der Waals surface area contributed by atoms with Gasteiger partial charge in [-0.3, -0.25) is 0 Å². The molecule has 0 saturated heterocycles. The molecule has 3 heteroatoms. The number of aromatic nitrogens is 2. The van der Waals surface area contributed by atoms with Crippen molar-refractivity contribution in [3.8, 4) is 23.7 Å². The lowest BCUT2D eigenvalue weighted by molar-refractivity contribution is -0.0465. The lowest BCUT2D eigenvalue weighted by Gasteiger charge is -2.47. The maximum absolute atomic E-state index is 10.8. The van der Waals surface area contributed by atoms with Crippen molar-refractivity contribution in [2.75, 3.05) is 0 Å². The van der Waals surface area contributed by atoms with Crippen molar-refractivity contribution in [3.63, 3.8) is 0 Å². The molecule has 0 amide bonds. The zero-order valence-corrected chi connectivity index (χ0v) is 24.1. The largest absolute Gasteiger partial charge is 0.378 e. The molecule has 1 saturated carbocycles. The maximum atomic E-state index is 10.8. The molecule has 37 heavy (non-hydrogen) atoms. The smallest absolute Gasteiger partial charge is 0.126 e. The number of allylic oxidation sites excluding steroid dienone is 2. The molecule has 4 rings (SSSR count). The molecule has 0 bridgehead atoms. The predicted molar refractivity (Wildman–Crippen MR) is 153 cm³/mol. The first kappa shape index (κ1) is 28.7. The summed E-state index contributed by atoms with van der Waals surface area (Å²) in [6, 6.07) is 11.5. The molecule has 2 aliphatic rings. The van der Waals surface area contributed by atoms with Crippen LogP contribution in [-0.2, 0) is 0 Å². The maximum Gasteiger partial charge on any atom is 0.126 e. The summed E-state index contributed by atoms with van der Waals surface area (Å²) in [5, 5.41) is 10.8. The molecule has 0 aliphatic heterocycles. The van der Waals surface area contributed by atoms with Gasteiger partial charge >= 0.3 is 0 Å². The van der Waals surface area contributed by atoms with Crippen LogP contribution in [0.4, 0.5) is 0 Å². The highest BCUT2D eigenvalue weighted by atomic mass is 16.3. The first-order chi connectivity index (χ1) is 17.1. The molecule has 0 spiro atoms. The SMILES string of the molecule is CC1(C)C=C(C#Cc2ccccn2)CC(C)(C)C1.CC1(C)CC(C)(C)CC(O)(C#Cc2ccccn2)C1. The molecule has 0 radical (unpaired) electrons. The zero-order chi connectivity index (χ0) is 27.4. The summed E-state index contributed by atoms with van der Waals surface area (Å²) in [5.41, 5.74) is 2.74. The first-order valence-corrected chi connectivity index (χ1v) is 13.4. The normalized spacial score (nSPS) is 21.9. The number of aliphatic hydroxyl groups is 1. The molecule has 0 atom stereocenters. The highest BCUT2D eigenvalue weighted by Crippen LogP contribution is 2.50. The van der Waals surface area contributed by atoms with Gasteiger partial charge in [-0.1, -0.05) is 85.4 Å². The Morgan fingerprint density at radius 2 is 1.19 bits per heavy atom. The fourth-order valence-corrected chi connectivity index (χ4v) is 6.82. The van der Waals surface area contributed by atoms with E-state index < -0.39 is 5.60 Å². The van der Waals surface area contributed by atoms with Crippen LogP contribution >= 0.6 is 0 Å². The van der Waals surface area contributed by atoms with Crippen LogP contribution in [0, 0.1) is 45.3 Å². The van der Waals surface area contributed by atoms with Crippen molar-refractivity contribution >= 4 is 0 Å². The second kappa shape index (κ2) is 10.8. The lowest BCUT2D eigenvalue weighted by atomic mass is 9.60. The van der Waals surface area contributed by atoms with E-state index in [1.807, 2.05) is 36.4 Å². The quantitative estimate of drug-likeness (QED) is 0.382. The third-order valence-corrected chi connectivity index (χ3v) is 6.77. The van der Waals surface area contributed by atoms with Gasteiger partial charge in [0.15, 0.2) is 0 Å². The average molecular weight is 497 g/mol. The third-order valence-electron chi connectivity index (χ3n) is 6.77. The number of nitrogens with zero attached hydrogens (tertiary/aromatic N) is 2. The fraction of sp³-hybridized carbons (Fsp3) is 0.529. The molecular weight excluding hydrogens is 452 g/mol. The van der Waals surface area contributed by atoms with Crippen LogP contribution in [0.1, 0.15) is 98.9 Å². The van der Waals surface area contributed by atoms with Crippen LogP contribution in [0.3, 0.4) is 0 Å². The molecule has 2 heterocycles. The van der Waals surface area contributed by atoms with Gasteiger partial charge in [0.25, 0.3) is 0 Å². The Kier molecular flexibility index (Phi) is 8.41. The Hall–Kier alpha value is -2.88. The van der Waals surface area contributed by atoms with Gasteiger partial charge in [0.05, 0.1) is 0 Å². The zero-order valence-electron chi connectivity index (χ0n) is 24.1. The summed E-state index contributed by atoms with van der Waals surface area (Å²) in [4.78, 5) is 8.42. The summed E-state index contributed by atoms with van der Waals surface area (Å²) in [6.45, 7) is 18.1. The monoisotopic (exact) mass is 496 g/mol. The van der Waals surface area contributed by atoms with Gasteiger partial charge in [-0.15, -0.1) is 0 Å². The van der Waals surface area contributed by atoms with E-state index in [1.54, 1.807) is 12.4 Å². The van der Waals surface area contributed by atoms with Gasteiger partial charge < -0.3 is 5.11 Å². The highest BCUT2D eigenvalue weighted by molar-refractivity contribution is 5.39. The third kappa shape index (κ3) is 9.50. The lowest BCUT2D eigenvalue weighted by Crippen LogP contribution is -2.45. The van der Waals surface area contributed by atoms with Crippen LogP contribution < -0.4 is 0 Å². The van der Waals surface area contributed by atoms with Crippen molar-refractivity contribution in [2.45, 2.75) is 93.1 Å². The Morgan fingerprint density at radius 1 is 0.649 bits per heavy atom. The second-order valence-corrected chi connectivity index (χ2v) is 14.0. The first-order valence-electron chi connectivity index (χ1n) is 13.4. The molecule has 1 fully saturated rings. The van der Waals surface area contributed by atoms with Crippen LogP contribution in [0.25, 0.3) is 0 Å². The van der Waals surface area contributed by atoms with Gasteiger partial charge in [0, 0.05) is 12.4 Å². The summed E-state index contributed by atoms with van der Waals surface area (Å²) in [6.07, 6.45) is 10.7. The van der Waals surface area contributed by atoms with Crippen molar-refractivity contribution < 1.29 is 5.11 Å². The van der Waals surface area contributed by atoms with Gasteiger partial charge in [-0.05, 0) is 95.4 Å². The van der Waals surface area contributed by atoms with Crippen LogP contribution in [0.5, 0.6) is 0 Å². The summed E-state index contributed by atoms with van der Waals surface area (Å²) < 4.78 is 0. The molecule has 2 aromatic heterocycles. The Morgan fingerprint density at radius 3 is 1.68 bits per heavy atom. The molecule has 2 aliphatic carbocycles. The number of hydrogen-bond acceptors (Lipinski definition) is 3. The Balaban J connectivity index is 0.000000206. The van der Waals surface area contributed by atoms with Gasteiger partial charge in [-0.2, -0.15) is 0 Å². The van der Waals surface area contributed by atoms with E-state index >= 15 is 0 Å². The van der Waals surface area contributed by atoms with E-state index in [0.717, 1.165) is 37.1 Å². The van der Waals surface area contributed by atoms with E-state index in [9.17, 15) is 5.11 Å². The highest BCUT2D eigenvalue weighted by Gasteiger charge is 2.45. The Bertz CT molecular complexity index is 1200. The predicted octanol–water partition coefficient (Wildman–Crippen LogP) is 7.61. The van der Waals surface area contributed by atoms with E-state index in [2.05, 4.69) is 95.1 Å². The molecule has 0 aromatic carbocycles. The number of pyridine rings is 2. The molecule has 1 N–H and O–H groups in total. The minimum absolute atomic E-state index is 0.120. The van der Waals surface area contributed by atoms with Crippen molar-refractivity contribution in [3.05, 3.63) is 71.8 Å². The van der Waals surface area contributed by atoms with Gasteiger partial charge in [0.2, 0.25) is 0 Å². The molecule has 2 aromatic rings. The number of hydrogen-bond donors (Lipinski definition) is 1. The van der Waals surface area contributed by atoms with Crippen LogP contribution in [-0.4, -0.2) is 20.7 Å². The molecule has 196 valence electrons. The number of rotatable bonds is 0. The van der Waals surface area contributed by atoms with Crippen molar-refractivity contribution in [1.29, 1.82) is 0 Å². The minimum Gasteiger partial charge on any atom is -0.378 e. The van der Waals surface area contributed by atoms with Crippen molar-refractivity contribution in [2.24, 2.45) is 21.7 Å². The summed E-state index contributed by atoms with van der Waals surface area (Å²) in [7, 11) is 0. The fourth-order valence-electron chi connectivity index (χ4n) is 6.82. The average Bonchev–Trinajstić information content (AvgIpc) is 2.74. The van der Waals surface area contributed by atoms with E-state index in [4.69, 9.17) is 0 Å². The molecule has 3 nitrogen and oxygen atoms in total. The van der Waals surface area contributed by atoms with Gasteiger partial charge in [0.1, 0.15) is 17.0 Å². The summed E-state index contributed by atoms with van der Waals surface area (Å²) >= 11 is 0. The minimum atomic E-state index is -0.900. The van der Waals surface area contributed by atoms with Crippen LogP contribution in [0.2, 0.25) is 0 Å². The second-order valence-electron chi connectivity index (χ2n) is 14.0. The van der Waals surface area contributed by atoms with E-state index in [-0.39, 0.29) is 16.2 Å². The molecule has 0 unspecified atom stereocenters. The van der Waals surface area contributed by atoms with E-state index in [0.29, 0.717) is 5.41 Å². The van der Waals surface area contributed by atoms with Gasteiger partial charge in [-0.25, -0.2) is 9.97 Å². The van der Waals surface area contributed by atoms with Crippen LogP contribution in [0.15, 0.2) is 60.4 Å². The summed E-state index contributed by atoms with van der Waals surface area (Å²) in [5.74, 6) is 12.5. The van der Waals surface area contributed by atoms with E-state index in [1.165, 1.54) is 12.0 Å². The standard InChI is InChI=1S/C17H23NO.C17H21N/c1-15(2)11-16(3,4)13-17(19,12-15)9-8-14-7-5-6-10-18-14;1-16(2)11-14(12-17(3,4)13-16)8-9-15-7-5-6-10-18-15/h5-7,10,19H,11-13H2,1-4H3;5-7,10-11H,12-13H2,1-4H3. The Labute approximate surface area is 225 Å². The van der Waals surface area contributed by atoms with Crippen molar-refractivity contribution in [1.82, 2.24) is 9.97 Å².